The van der Waals surface area contributed by atoms with Gasteiger partial charge in [0.15, 0.2) is 0 Å². The van der Waals surface area contributed by atoms with E-state index in [2.05, 4.69) is 10.4 Å². The van der Waals surface area contributed by atoms with Gasteiger partial charge < -0.3 is 19.7 Å². The Morgan fingerprint density at radius 2 is 1.91 bits per heavy atom. The maximum atomic E-state index is 12.6. The Morgan fingerprint density at radius 3 is 2.61 bits per heavy atom. The number of nitrogens with one attached hydrogen (secondary N) is 1. The Bertz CT molecular complexity index is 1130. The molecule has 0 atom stereocenters. The molecule has 8 heteroatoms. The van der Waals surface area contributed by atoms with Gasteiger partial charge in [0.05, 0.1) is 30.2 Å². The Kier molecular flexibility index (Phi) is 6.93. The van der Waals surface area contributed by atoms with Crippen LogP contribution in [0.25, 0.3) is 10.9 Å². The molecule has 0 aliphatic carbocycles. The van der Waals surface area contributed by atoms with Crippen LogP contribution < -0.4 is 10.1 Å². The molecule has 0 unspecified atom stereocenters. The highest BCUT2D eigenvalue weighted by Gasteiger charge is 2.31. The predicted octanol–water partition coefficient (Wildman–Crippen LogP) is 2.89. The van der Waals surface area contributed by atoms with Crippen molar-refractivity contribution in [1.82, 2.24) is 20.0 Å². The van der Waals surface area contributed by atoms with Gasteiger partial charge in [0.1, 0.15) is 5.75 Å². The Labute approximate surface area is 193 Å². The van der Waals surface area contributed by atoms with Gasteiger partial charge in [-0.15, -0.1) is 0 Å². The number of nitrogens with zero attached hydrogens (tertiary/aromatic N) is 3. The maximum absolute atomic E-state index is 12.6. The van der Waals surface area contributed by atoms with Crippen LogP contribution in [0.4, 0.5) is 0 Å². The molecule has 2 amide bonds. The molecule has 2 aromatic carbocycles. The van der Waals surface area contributed by atoms with Crippen LogP contribution in [0.3, 0.4) is 0 Å². The number of carbonyl (C=O) groups excluding carboxylic acids is 2. The second kappa shape index (κ2) is 10.0. The minimum absolute atomic E-state index is 0.0681. The van der Waals surface area contributed by atoms with Crippen LogP contribution in [0.5, 0.6) is 5.75 Å². The van der Waals surface area contributed by atoms with Gasteiger partial charge in [-0.2, -0.15) is 5.10 Å². The average Bonchev–Trinajstić information content (AvgIpc) is 3.21. The van der Waals surface area contributed by atoms with Crippen LogP contribution in [0.2, 0.25) is 0 Å². The number of amides is 2. The lowest BCUT2D eigenvalue weighted by molar-refractivity contribution is 0.0462. The van der Waals surface area contributed by atoms with E-state index in [0.717, 1.165) is 22.0 Å². The highest BCUT2D eigenvalue weighted by atomic mass is 16.5. The Morgan fingerprint density at radius 1 is 1.15 bits per heavy atom. The first-order chi connectivity index (χ1) is 16.0. The van der Waals surface area contributed by atoms with Crippen LogP contribution >= 0.6 is 0 Å². The predicted molar refractivity (Wildman–Crippen MR) is 126 cm³/mol. The third kappa shape index (κ3) is 5.01. The topological polar surface area (TPSA) is 85.7 Å². The van der Waals surface area contributed by atoms with Crippen molar-refractivity contribution < 1.29 is 19.1 Å². The van der Waals surface area contributed by atoms with Crippen molar-refractivity contribution in [3.63, 3.8) is 0 Å². The fourth-order valence-corrected chi connectivity index (χ4v) is 4.08. The number of aromatic nitrogens is 2. The number of likely N-dealkylation sites (tertiary alicyclic amines) is 1. The summed E-state index contributed by atoms with van der Waals surface area (Å²) in [6.45, 7) is 7.55. The zero-order valence-electron chi connectivity index (χ0n) is 19.3. The lowest BCUT2D eigenvalue weighted by Crippen LogP contribution is -2.51. The molecule has 1 aromatic heterocycles. The summed E-state index contributed by atoms with van der Waals surface area (Å²) in [6.07, 6.45) is 1.91. The summed E-state index contributed by atoms with van der Waals surface area (Å²) in [5.41, 5.74) is 3.10. The highest BCUT2D eigenvalue weighted by molar-refractivity contribution is 6.03. The minimum Gasteiger partial charge on any atom is -0.495 e. The van der Waals surface area contributed by atoms with E-state index in [1.54, 1.807) is 13.2 Å². The van der Waals surface area contributed by atoms with Gasteiger partial charge in [0.25, 0.3) is 11.8 Å². The molecule has 0 bridgehead atoms. The zero-order valence-corrected chi connectivity index (χ0v) is 19.3. The van der Waals surface area contributed by atoms with Crippen LogP contribution in [0, 0.1) is 12.8 Å². The van der Waals surface area contributed by atoms with Crippen molar-refractivity contribution in [2.75, 3.05) is 40.0 Å². The Balaban J connectivity index is 1.40. The van der Waals surface area contributed by atoms with E-state index in [4.69, 9.17) is 9.47 Å². The van der Waals surface area contributed by atoms with Crippen molar-refractivity contribution in [1.29, 1.82) is 0 Å². The molecule has 174 valence electrons. The van der Waals surface area contributed by atoms with Crippen LogP contribution in [-0.4, -0.2) is 66.5 Å². The van der Waals surface area contributed by atoms with Gasteiger partial charge in [-0.25, -0.2) is 0 Å². The van der Waals surface area contributed by atoms with Gasteiger partial charge in [0.2, 0.25) is 0 Å². The van der Waals surface area contributed by atoms with E-state index < -0.39 is 0 Å². The lowest BCUT2D eigenvalue weighted by atomic mass is 9.98. The number of fused-ring (bicyclic) bond motifs is 1. The molecule has 1 fully saturated rings. The summed E-state index contributed by atoms with van der Waals surface area (Å²) >= 11 is 0. The molecular weight excluding hydrogens is 420 g/mol. The average molecular weight is 451 g/mol. The third-order valence-corrected chi connectivity index (χ3v) is 5.86. The standard InChI is InChI=1S/C25H30N4O4/c1-4-33-12-11-26-24(30)20-9-10-22-21(23(20)32-3)16-29(27-22)15-18-13-28(14-18)25(31)19-7-5-17(2)6-8-19/h5-10,16,18H,4,11-15H2,1-3H3,(H,26,30). The number of methoxy groups -OCH3 is 1. The molecule has 0 radical (unpaired) electrons. The molecule has 33 heavy (non-hydrogen) atoms. The first kappa shape index (κ1) is 22.8. The summed E-state index contributed by atoms with van der Waals surface area (Å²) in [5.74, 6) is 0.711. The highest BCUT2D eigenvalue weighted by Crippen LogP contribution is 2.30. The fraction of sp³-hybridized carbons (Fsp3) is 0.400. The van der Waals surface area contributed by atoms with Crippen molar-refractivity contribution in [3.8, 4) is 5.75 Å². The van der Waals surface area contributed by atoms with Gasteiger partial charge in [-0.3, -0.25) is 14.3 Å². The molecule has 1 saturated heterocycles. The first-order valence-corrected chi connectivity index (χ1v) is 11.3. The molecule has 1 N–H and O–H groups in total. The van der Waals surface area contributed by atoms with E-state index in [0.29, 0.717) is 56.6 Å². The van der Waals surface area contributed by atoms with Gasteiger partial charge in [0, 0.05) is 50.5 Å². The maximum Gasteiger partial charge on any atom is 0.255 e. The number of benzene rings is 2. The number of carbonyl (C=O) groups is 2. The molecule has 4 rings (SSSR count). The molecule has 0 saturated carbocycles. The molecule has 0 spiro atoms. The summed E-state index contributed by atoms with van der Waals surface area (Å²) in [5, 5.41) is 8.30. The second-order valence-corrected chi connectivity index (χ2v) is 8.33. The van der Waals surface area contributed by atoms with Crippen molar-refractivity contribution >= 4 is 22.7 Å². The monoisotopic (exact) mass is 450 g/mol. The quantitative estimate of drug-likeness (QED) is 0.507. The first-order valence-electron chi connectivity index (χ1n) is 11.3. The van der Waals surface area contributed by atoms with E-state index in [1.165, 1.54) is 0 Å². The number of aryl methyl sites for hydroxylation is 1. The van der Waals surface area contributed by atoms with E-state index in [-0.39, 0.29) is 11.8 Å². The molecule has 1 aliphatic rings. The number of hydrogen-bond donors (Lipinski definition) is 1. The number of ether oxygens (including phenoxy) is 2. The SMILES string of the molecule is CCOCCNC(=O)c1ccc2nn(CC3CN(C(=O)c4ccc(C)cc4)C3)cc2c1OC. The zero-order chi connectivity index (χ0) is 23.4. The lowest BCUT2D eigenvalue weighted by Gasteiger charge is -2.39. The third-order valence-electron chi connectivity index (χ3n) is 5.86. The van der Waals surface area contributed by atoms with Crippen molar-refractivity contribution in [2.45, 2.75) is 20.4 Å². The van der Waals surface area contributed by atoms with Crippen LogP contribution in [0.15, 0.2) is 42.6 Å². The van der Waals surface area contributed by atoms with E-state index in [9.17, 15) is 9.59 Å². The van der Waals surface area contributed by atoms with Gasteiger partial charge >= 0.3 is 0 Å². The summed E-state index contributed by atoms with van der Waals surface area (Å²) in [6, 6.07) is 11.2. The molecular formula is C25H30N4O4. The number of rotatable bonds is 9. The summed E-state index contributed by atoms with van der Waals surface area (Å²) in [7, 11) is 1.56. The Hall–Kier alpha value is -3.39. The minimum atomic E-state index is -0.203. The van der Waals surface area contributed by atoms with Crippen LogP contribution in [-0.2, 0) is 11.3 Å². The fourth-order valence-electron chi connectivity index (χ4n) is 4.08. The van der Waals surface area contributed by atoms with E-state index in [1.807, 2.05) is 60.0 Å². The van der Waals surface area contributed by atoms with Gasteiger partial charge in [-0.05, 0) is 38.1 Å². The molecule has 2 heterocycles. The van der Waals surface area contributed by atoms with Crippen molar-refractivity contribution in [2.24, 2.45) is 5.92 Å². The molecule has 1 aliphatic heterocycles. The normalized spacial score (nSPS) is 13.7. The number of hydrogen-bond acceptors (Lipinski definition) is 5. The largest absolute Gasteiger partial charge is 0.495 e. The smallest absolute Gasteiger partial charge is 0.255 e. The second-order valence-electron chi connectivity index (χ2n) is 8.33. The van der Waals surface area contributed by atoms with E-state index >= 15 is 0 Å². The summed E-state index contributed by atoms with van der Waals surface area (Å²) < 4.78 is 12.7. The molecule has 8 nitrogen and oxygen atoms in total. The van der Waals surface area contributed by atoms with Gasteiger partial charge in [-0.1, -0.05) is 17.7 Å². The summed E-state index contributed by atoms with van der Waals surface area (Å²) in [4.78, 5) is 27.1. The molecule has 3 aromatic rings. The van der Waals surface area contributed by atoms with Crippen molar-refractivity contribution in [3.05, 3.63) is 59.3 Å². The van der Waals surface area contributed by atoms with Crippen LogP contribution in [0.1, 0.15) is 33.2 Å².